The number of aliphatic hydroxyl groups is 1. The number of rotatable bonds is 8. The van der Waals surface area contributed by atoms with Gasteiger partial charge in [-0.25, -0.2) is 4.98 Å². The molecule has 0 aliphatic heterocycles. The third-order valence-corrected chi connectivity index (χ3v) is 5.12. The van der Waals surface area contributed by atoms with Crippen molar-refractivity contribution in [3.63, 3.8) is 0 Å². The highest BCUT2D eigenvalue weighted by Gasteiger charge is 2.29. The lowest BCUT2D eigenvalue weighted by molar-refractivity contribution is -0.137. The maximum absolute atomic E-state index is 12.7. The van der Waals surface area contributed by atoms with Crippen molar-refractivity contribution in [1.29, 1.82) is 0 Å². The molecule has 0 fully saturated rings. The van der Waals surface area contributed by atoms with Gasteiger partial charge >= 0.3 is 6.18 Å². The summed E-state index contributed by atoms with van der Waals surface area (Å²) < 4.78 is 41.3. The predicted molar refractivity (Wildman–Crippen MR) is 120 cm³/mol. The second-order valence-electron chi connectivity index (χ2n) is 6.52. The first kappa shape index (κ1) is 22.3. The number of aromatic nitrogens is 1. The van der Waals surface area contributed by atoms with Gasteiger partial charge in [-0.1, -0.05) is 37.4 Å². The van der Waals surface area contributed by atoms with Crippen molar-refractivity contribution in [3.8, 4) is 0 Å². The summed E-state index contributed by atoms with van der Waals surface area (Å²) in [5, 5.41) is 13.6. The van der Waals surface area contributed by atoms with Gasteiger partial charge in [0.2, 0.25) is 0 Å². The second-order valence-corrected chi connectivity index (χ2v) is 7.40. The number of anilines is 1. The maximum atomic E-state index is 12.7. The summed E-state index contributed by atoms with van der Waals surface area (Å²) >= 11 is 1.20. The van der Waals surface area contributed by atoms with E-state index in [-0.39, 0.29) is 5.76 Å². The van der Waals surface area contributed by atoms with Gasteiger partial charge in [0.15, 0.2) is 0 Å². The lowest BCUT2D eigenvalue weighted by Gasteiger charge is -2.12. The first-order valence-electron chi connectivity index (χ1n) is 9.21. The minimum absolute atomic E-state index is 0.101. The molecular formula is C23H20F3N3OS. The third-order valence-electron chi connectivity index (χ3n) is 4.29. The van der Waals surface area contributed by atoms with Crippen LogP contribution in [0.25, 0.3) is 10.9 Å². The number of hydrogen-bond acceptors (Lipinski definition) is 5. The summed E-state index contributed by atoms with van der Waals surface area (Å²) in [6.45, 7) is 7.46. The summed E-state index contributed by atoms with van der Waals surface area (Å²) in [4.78, 5) is 5.32. The summed E-state index contributed by atoms with van der Waals surface area (Å²) in [6, 6.07) is 14.4. The number of para-hydroxylation sites is 1. The second kappa shape index (κ2) is 9.61. The molecule has 8 heteroatoms. The lowest BCUT2D eigenvalue weighted by Crippen LogP contribution is -2.15. The van der Waals surface area contributed by atoms with Gasteiger partial charge in [0.25, 0.3) is 0 Å². The molecule has 3 N–H and O–H groups in total. The number of aliphatic hydroxyl groups excluding tert-OH is 1. The average molecular weight is 443 g/mol. The lowest BCUT2D eigenvalue weighted by atomic mass is 10.1. The van der Waals surface area contributed by atoms with Gasteiger partial charge in [-0.3, -0.25) is 0 Å². The van der Waals surface area contributed by atoms with Crippen LogP contribution in [0.2, 0.25) is 0 Å². The van der Waals surface area contributed by atoms with E-state index in [9.17, 15) is 18.3 Å². The van der Waals surface area contributed by atoms with E-state index in [0.29, 0.717) is 17.1 Å². The number of hydrogen-bond donors (Lipinski definition) is 3. The van der Waals surface area contributed by atoms with E-state index in [2.05, 4.69) is 28.2 Å². The highest BCUT2D eigenvalue weighted by atomic mass is 32.2. The number of fused-ring (bicyclic) bond motifs is 1. The Kier molecular flexibility index (Phi) is 6.91. The van der Waals surface area contributed by atoms with Crippen molar-refractivity contribution < 1.29 is 18.3 Å². The fourth-order valence-electron chi connectivity index (χ4n) is 2.75. The number of nitrogens with zero attached hydrogens (tertiary/aromatic N) is 1. The predicted octanol–water partition coefficient (Wildman–Crippen LogP) is 6.60. The van der Waals surface area contributed by atoms with Gasteiger partial charge in [0, 0.05) is 10.3 Å². The number of allylic oxidation sites excluding steroid dienone is 2. The monoisotopic (exact) mass is 443 g/mol. The molecule has 0 amide bonds. The quantitative estimate of drug-likeness (QED) is 0.208. The Labute approximate surface area is 182 Å². The largest absolute Gasteiger partial charge is 0.506 e. The highest BCUT2D eigenvalue weighted by Crippen LogP contribution is 2.32. The molecule has 0 aliphatic carbocycles. The van der Waals surface area contributed by atoms with Crippen molar-refractivity contribution in [3.05, 3.63) is 103 Å². The topological polar surface area (TPSA) is 57.2 Å². The standard InChI is InChI=1S/C23H20F3N3OS/c1-3-5-20(15(2)30)27-14-18-11-8-16-6-4-7-21(22(16)28-18)29-31-19-12-9-17(10-13-19)23(24,25)26/h3-13,27,29-30H,1-2,14H2/b20-5+. The van der Waals surface area contributed by atoms with Crippen LogP contribution in [0.1, 0.15) is 11.3 Å². The molecule has 3 aromatic rings. The Morgan fingerprint density at radius 1 is 1.10 bits per heavy atom. The molecule has 0 atom stereocenters. The molecule has 4 nitrogen and oxygen atoms in total. The van der Waals surface area contributed by atoms with E-state index in [1.54, 1.807) is 6.08 Å². The van der Waals surface area contributed by atoms with Crippen LogP contribution in [0, 0.1) is 0 Å². The van der Waals surface area contributed by atoms with Crippen LogP contribution in [0.4, 0.5) is 18.9 Å². The Hall–Kier alpha value is -3.39. The molecule has 0 unspecified atom stereocenters. The molecule has 31 heavy (non-hydrogen) atoms. The van der Waals surface area contributed by atoms with Gasteiger partial charge in [-0.2, -0.15) is 13.2 Å². The molecule has 0 saturated carbocycles. The molecule has 0 aliphatic rings. The fraction of sp³-hybridized carbons (Fsp3) is 0.0870. The van der Waals surface area contributed by atoms with Crippen molar-refractivity contribution in [2.24, 2.45) is 0 Å². The van der Waals surface area contributed by atoms with E-state index in [0.717, 1.165) is 34.4 Å². The van der Waals surface area contributed by atoms with Gasteiger partial charge < -0.3 is 15.1 Å². The van der Waals surface area contributed by atoms with Crippen LogP contribution in [0.3, 0.4) is 0 Å². The Balaban J connectivity index is 1.76. The first-order chi connectivity index (χ1) is 14.8. The molecule has 1 aromatic heterocycles. The molecule has 160 valence electrons. The van der Waals surface area contributed by atoms with Gasteiger partial charge in [0.1, 0.15) is 5.76 Å². The zero-order chi connectivity index (χ0) is 22.4. The van der Waals surface area contributed by atoms with E-state index >= 15 is 0 Å². The highest BCUT2D eigenvalue weighted by molar-refractivity contribution is 8.00. The molecule has 3 rings (SSSR count). The van der Waals surface area contributed by atoms with Crippen molar-refractivity contribution in [2.45, 2.75) is 17.6 Å². The van der Waals surface area contributed by atoms with Gasteiger partial charge in [-0.15, -0.1) is 0 Å². The molecule has 0 radical (unpaired) electrons. The number of benzene rings is 2. The molecule has 1 heterocycles. The van der Waals surface area contributed by atoms with Crippen molar-refractivity contribution in [2.75, 3.05) is 4.72 Å². The number of pyridine rings is 1. The van der Waals surface area contributed by atoms with E-state index in [1.165, 1.54) is 30.2 Å². The number of alkyl halides is 3. The summed E-state index contributed by atoms with van der Waals surface area (Å²) in [6.07, 6.45) is -1.21. The van der Waals surface area contributed by atoms with Crippen LogP contribution in [-0.4, -0.2) is 10.1 Å². The average Bonchev–Trinajstić information content (AvgIpc) is 2.74. The Bertz CT molecular complexity index is 1130. The maximum Gasteiger partial charge on any atom is 0.416 e. The molecule has 0 bridgehead atoms. The number of halogens is 3. The van der Waals surface area contributed by atoms with E-state index in [4.69, 9.17) is 0 Å². The zero-order valence-electron chi connectivity index (χ0n) is 16.4. The Morgan fingerprint density at radius 2 is 1.84 bits per heavy atom. The van der Waals surface area contributed by atoms with E-state index in [1.807, 2.05) is 30.3 Å². The molecule has 2 aromatic carbocycles. The zero-order valence-corrected chi connectivity index (χ0v) is 17.2. The normalized spacial score (nSPS) is 11.9. The third kappa shape index (κ3) is 5.82. The van der Waals surface area contributed by atoms with Crippen LogP contribution < -0.4 is 10.0 Å². The van der Waals surface area contributed by atoms with Gasteiger partial charge in [-0.05, 0) is 54.4 Å². The Morgan fingerprint density at radius 3 is 2.48 bits per heavy atom. The molecule has 0 saturated heterocycles. The summed E-state index contributed by atoms with van der Waals surface area (Å²) in [7, 11) is 0. The van der Waals surface area contributed by atoms with Gasteiger partial charge in [0.05, 0.1) is 34.7 Å². The SMILES string of the molecule is C=C/C=C(/NCc1ccc2cccc(NSc3ccc(C(F)(F)F)cc3)c2n1)C(=C)O. The number of nitrogens with one attached hydrogen (secondary N) is 2. The molecule has 0 spiro atoms. The van der Waals surface area contributed by atoms with Crippen LogP contribution >= 0.6 is 11.9 Å². The fourth-order valence-corrected chi connectivity index (χ4v) is 3.42. The molecular weight excluding hydrogens is 423 g/mol. The van der Waals surface area contributed by atoms with Crippen LogP contribution in [0.5, 0.6) is 0 Å². The van der Waals surface area contributed by atoms with Crippen LogP contribution in [0.15, 0.2) is 96.3 Å². The smallest absolute Gasteiger partial charge is 0.416 e. The first-order valence-corrected chi connectivity index (χ1v) is 10.0. The minimum atomic E-state index is -4.36. The van der Waals surface area contributed by atoms with Crippen LogP contribution in [-0.2, 0) is 12.7 Å². The minimum Gasteiger partial charge on any atom is -0.506 e. The van der Waals surface area contributed by atoms with Crippen molar-refractivity contribution >= 4 is 28.5 Å². The summed E-state index contributed by atoms with van der Waals surface area (Å²) in [5.74, 6) is -0.101. The van der Waals surface area contributed by atoms with E-state index < -0.39 is 11.7 Å². The summed E-state index contributed by atoms with van der Waals surface area (Å²) in [5.41, 5.74) is 1.95. The van der Waals surface area contributed by atoms with Crippen molar-refractivity contribution in [1.82, 2.24) is 10.3 Å².